The lowest BCUT2D eigenvalue weighted by Gasteiger charge is -2.26. The molecule has 84 valence electrons. The van der Waals surface area contributed by atoms with Gasteiger partial charge in [0, 0.05) is 12.1 Å². The van der Waals surface area contributed by atoms with Gasteiger partial charge in [-0.2, -0.15) is 0 Å². The van der Waals surface area contributed by atoms with E-state index in [0.717, 1.165) is 5.69 Å². The number of carbonyl (C=O) groups is 1. The van der Waals surface area contributed by atoms with E-state index in [-0.39, 0.29) is 18.1 Å². The highest BCUT2D eigenvalue weighted by Gasteiger charge is 2.31. The van der Waals surface area contributed by atoms with Crippen LogP contribution in [0.15, 0.2) is 24.3 Å². The van der Waals surface area contributed by atoms with Crippen molar-refractivity contribution in [2.75, 3.05) is 18.5 Å². The molecule has 1 fully saturated rings. The Morgan fingerprint density at radius 1 is 1.38 bits per heavy atom. The van der Waals surface area contributed by atoms with E-state index in [9.17, 15) is 4.79 Å². The monoisotopic (exact) mass is 219 g/mol. The van der Waals surface area contributed by atoms with Crippen molar-refractivity contribution < 1.29 is 14.3 Å². The molecule has 0 amide bonds. The van der Waals surface area contributed by atoms with Crippen LogP contribution in [0, 0.1) is 0 Å². The maximum Gasteiger partial charge on any atom is 0.329 e. The molecule has 1 aromatic rings. The summed E-state index contributed by atoms with van der Waals surface area (Å²) in [6, 6.07) is 7.71. The molecular formula is C12H13NO3. The summed E-state index contributed by atoms with van der Waals surface area (Å²) < 4.78 is 10.2. The van der Waals surface area contributed by atoms with Crippen molar-refractivity contribution in [3.05, 3.63) is 29.8 Å². The SMILES string of the molecule is O=C(OC1COC1)C1Cc2ccccc2N1. The fraction of sp³-hybridized carbons (Fsp3) is 0.417. The van der Waals surface area contributed by atoms with Crippen LogP contribution in [0.5, 0.6) is 0 Å². The Bertz CT molecular complexity index is 389. The molecular weight excluding hydrogens is 206 g/mol. The Morgan fingerprint density at radius 2 is 2.19 bits per heavy atom. The van der Waals surface area contributed by atoms with E-state index in [2.05, 4.69) is 5.32 Å². The minimum absolute atomic E-state index is 0.0435. The van der Waals surface area contributed by atoms with Gasteiger partial charge in [-0.25, -0.2) is 4.79 Å². The summed E-state index contributed by atoms with van der Waals surface area (Å²) in [5.74, 6) is -0.176. The Balaban J connectivity index is 1.64. The molecule has 0 spiro atoms. The summed E-state index contributed by atoms with van der Waals surface area (Å²) >= 11 is 0. The van der Waals surface area contributed by atoms with Gasteiger partial charge in [0.1, 0.15) is 12.1 Å². The zero-order valence-corrected chi connectivity index (χ0v) is 8.81. The topological polar surface area (TPSA) is 47.6 Å². The zero-order valence-electron chi connectivity index (χ0n) is 8.81. The maximum absolute atomic E-state index is 11.8. The number of hydrogen-bond donors (Lipinski definition) is 1. The van der Waals surface area contributed by atoms with Gasteiger partial charge in [0.25, 0.3) is 0 Å². The van der Waals surface area contributed by atoms with Crippen molar-refractivity contribution in [1.29, 1.82) is 0 Å². The normalized spacial score (nSPS) is 23.1. The highest BCUT2D eigenvalue weighted by molar-refractivity contribution is 5.83. The number of anilines is 1. The second-order valence-corrected chi connectivity index (χ2v) is 4.15. The van der Waals surface area contributed by atoms with Gasteiger partial charge in [-0.1, -0.05) is 18.2 Å². The van der Waals surface area contributed by atoms with Crippen molar-refractivity contribution >= 4 is 11.7 Å². The molecule has 1 saturated heterocycles. The predicted molar refractivity (Wildman–Crippen MR) is 58.3 cm³/mol. The van der Waals surface area contributed by atoms with Gasteiger partial charge < -0.3 is 14.8 Å². The third-order valence-corrected chi connectivity index (χ3v) is 2.95. The van der Waals surface area contributed by atoms with Crippen molar-refractivity contribution in [3.8, 4) is 0 Å². The molecule has 2 heterocycles. The van der Waals surface area contributed by atoms with E-state index < -0.39 is 0 Å². The van der Waals surface area contributed by atoms with Crippen molar-refractivity contribution in [3.63, 3.8) is 0 Å². The van der Waals surface area contributed by atoms with Crippen LogP contribution in [0.3, 0.4) is 0 Å². The zero-order chi connectivity index (χ0) is 11.0. The fourth-order valence-corrected chi connectivity index (χ4v) is 1.97. The third kappa shape index (κ3) is 1.65. The van der Waals surface area contributed by atoms with Gasteiger partial charge in [0.2, 0.25) is 0 Å². The highest BCUT2D eigenvalue weighted by Crippen LogP contribution is 2.26. The minimum atomic E-state index is -0.238. The van der Waals surface area contributed by atoms with Crippen LogP contribution in [-0.4, -0.2) is 31.3 Å². The second kappa shape index (κ2) is 3.79. The Hall–Kier alpha value is -1.55. The first-order valence-corrected chi connectivity index (χ1v) is 5.45. The summed E-state index contributed by atoms with van der Waals surface area (Å²) in [6.45, 7) is 1.07. The molecule has 3 rings (SSSR count). The van der Waals surface area contributed by atoms with Gasteiger partial charge in [-0.15, -0.1) is 0 Å². The molecule has 2 aliphatic rings. The molecule has 1 aromatic carbocycles. The number of para-hydroxylation sites is 1. The van der Waals surface area contributed by atoms with Gasteiger partial charge in [-0.05, 0) is 11.6 Å². The third-order valence-electron chi connectivity index (χ3n) is 2.95. The molecule has 4 nitrogen and oxygen atoms in total. The van der Waals surface area contributed by atoms with Gasteiger partial charge in [-0.3, -0.25) is 0 Å². The fourth-order valence-electron chi connectivity index (χ4n) is 1.97. The lowest BCUT2D eigenvalue weighted by Crippen LogP contribution is -2.41. The molecule has 0 aromatic heterocycles. The first-order chi connectivity index (χ1) is 7.83. The van der Waals surface area contributed by atoms with E-state index in [1.807, 2.05) is 24.3 Å². The van der Waals surface area contributed by atoms with Crippen LogP contribution in [0.4, 0.5) is 5.69 Å². The molecule has 1 atom stereocenters. The summed E-state index contributed by atoms with van der Waals surface area (Å²) in [4.78, 5) is 11.8. The van der Waals surface area contributed by atoms with Crippen LogP contribution in [0.1, 0.15) is 5.56 Å². The number of fused-ring (bicyclic) bond motifs is 1. The summed E-state index contributed by atoms with van der Waals surface area (Å²) in [7, 11) is 0. The number of hydrogen-bond acceptors (Lipinski definition) is 4. The second-order valence-electron chi connectivity index (χ2n) is 4.15. The van der Waals surface area contributed by atoms with Crippen molar-refractivity contribution in [2.45, 2.75) is 18.6 Å². The summed E-state index contributed by atoms with van der Waals surface area (Å²) in [5, 5.41) is 3.17. The summed E-state index contributed by atoms with van der Waals surface area (Å²) in [6.07, 6.45) is 0.667. The molecule has 4 heteroatoms. The van der Waals surface area contributed by atoms with Gasteiger partial charge in [0.05, 0.1) is 13.2 Å². The first-order valence-electron chi connectivity index (χ1n) is 5.45. The van der Waals surface area contributed by atoms with Gasteiger partial charge >= 0.3 is 5.97 Å². The van der Waals surface area contributed by atoms with Crippen LogP contribution in [0.2, 0.25) is 0 Å². The average molecular weight is 219 g/mol. The van der Waals surface area contributed by atoms with Crippen molar-refractivity contribution in [2.24, 2.45) is 0 Å². The predicted octanol–water partition coefficient (Wildman–Crippen LogP) is 0.965. The number of esters is 1. The lowest BCUT2D eigenvalue weighted by atomic mass is 10.1. The van der Waals surface area contributed by atoms with Crippen LogP contribution >= 0.6 is 0 Å². The lowest BCUT2D eigenvalue weighted by molar-refractivity contribution is -0.172. The van der Waals surface area contributed by atoms with Crippen LogP contribution < -0.4 is 5.32 Å². The Morgan fingerprint density at radius 3 is 2.88 bits per heavy atom. The molecule has 16 heavy (non-hydrogen) atoms. The maximum atomic E-state index is 11.8. The number of carbonyl (C=O) groups excluding carboxylic acids is 1. The molecule has 0 bridgehead atoms. The smallest absolute Gasteiger partial charge is 0.329 e. The molecule has 0 radical (unpaired) electrons. The highest BCUT2D eigenvalue weighted by atomic mass is 16.6. The van der Waals surface area contributed by atoms with E-state index in [4.69, 9.17) is 9.47 Å². The molecule has 0 saturated carbocycles. The molecule has 2 aliphatic heterocycles. The first kappa shape index (κ1) is 9.66. The Kier molecular flexibility index (Phi) is 2.29. The molecule has 1 N–H and O–H groups in total. The van der Waals surface area contributed by atoms with E-state index >= 15 is 0 Å². The van der Waals surface area contributed by atoms with Crippen LogP contribution in [-0.2, 0) is 20.7 Å². The summed E-state index contributed by atoms with van der Waals surface area (Å²) in [5.41, 5.74) is 2.21. The number of benzene rings is 1. The molecule has 1 unspecified atom stereocenters. The average Bonchev–Trinajstić information content (AvgIpc) is 2.66. The number of rotatable bonds is 2. The largest absolute Gasteiger partial charge is 0.456 e. The molecule has 0 aliphatic carbocycles. The van der Waals surface area contributed by atoms with E-state index in [1.165, 1.54) is 5.56 Å². The Labute approximate surface area is 93.5 Å². The van der Waals surface area contributed by atoms with E-state index in [0.29, 0.717) is 19.6 Å². The van der Waals surface area contributed by atoms with Gasteiger partial charge in [0.15, 0.2) is 0 Å². The number of nitrogens with one attached hydrogen (secondary N) is 1. The number of ether oxygens (including phenoxy) is 2. The quantitative estimate of drug-likeness (QED) is 0.753. The van der Waals surface area contributed by atoms with E-state index in [1.54, 1.807) is 0 Å². The minimum Gasteiger partial charge on any atom is -0.456 e. The standard InChI is InChI=1S/C12H13NO3/c14-12(16-9-6-15-7-9)11-5-8-3-1-2-4-10(8)13-11/h1-4,9,11,13H,5-7H2. The van der Waals surface area contributed by atoms with Crippen molar-refractivity contribution in [1.82, 2.24) is 0 Å². The van der Waals surface area contributed by atoms with Crippen LogP contribution in [0.25, 0.3) is 0 Å².